The number of nitrogens with one attached hydrogen (secondary N) is 1. The fraction of sp³-hybridized carbons (Fsp3) is 0.0769. The van der Waals surface area contributed by atoms with Crippen LogP contribution in [0.3, 0.4) is 0 Å². The van der Waals surface area contributed by atoms with Gasteiger partial charge in [-0.2, -0.15) is 5.10 Å². The van der Waals surface area contributed by atoms with Gasteiger partial charge < -0.3 is 5.11 Å². The molecule has 154 valence electrons. The van der Waals surface area contributed by atoms with Gasteiger partial charge in [0.05, 0.1) is 16.7 Å². The Morgan fingerprint density at radius 1 is 1.06 bits per heavy atom. The maximum absolute atomic E-state index is 10.8. The van der Waals surface area contributed by atoms with E-state index >= 15 is 0 Å². The summed E-state index contributed by atoms with van der Waals surface area (Å²) >= 11 is 6.75. The normalized spacial score (nSPS) is 12.3. The van der Waals surface area contributed by atoms with Gasteiger partial charge in [-0.05, 0) is 52.5 Å². The van der Waals surface area contributed by atoms with E-state index in [-0.39, 0.29) is 0 Å². The number of aromatic amines is 1. The molecular formula is C26H21ClN2O2. The summed E-state index contributed by atoms with van der Waals surface area (Å²) in [7, 11) is 0. The van der Waals surface area contributed by atoms with Crippen molar-refractivity contribution in [1.82, 2.24) is 10.2 Å². The molecule has 0 aliphatic rings. The number of nitrogens with zero attached hydrogens (tertiary/aromatic N) is 1. The second-order valence-corrected chi connectivity index (χ2v) is 7.56. The molecule has 2 N–H and O–H groups in total. The first-order valence-electron chi connectivity index (χ1n) is 10.00. The molecule has 0 atom stereocenters. The predicted molar refractivity (Wildman–Crippen MR) is 127 cm³/mol. The van der Waals surface area contributed by atoms with Gasteiger partial charge in [0.25, 0.3) is 0 Å². The summed E-state index contributed by atoms with van der Waals surface area (Å²) in [4.78, 5) is 10.8. The van der Waals surface area contributed by atoms with E-state index in [1.807, 2.05) is 48.5 Å². The van der Waals surface area contributed by atoms with E-state index < -0.39 is 5.97 Å². The standard InChI is InChI=1S/C26H21ClN2O2/c1-2-21(18-6-4-3-5-7-18)26(19-11-8-17(9-12-19)10-13-25(30)31)22-14-20-16-28-29-24(20)15-23(22)27/h3-16H,2H2,1H3,(H,28,29)(H,30,31). The largest absolute Gasteiger partial charge is 0.478 e. The van der Waals surface area contributed by atoms with Crippen LogP contribution in [0, 0.1) is 0 Å². The monoisotopic (exact) mass is 428 g/mol. The van der Waals surface area contributed by atoms with E-state index in [0.29, 0.717) is 5.02 Å². The van der Waals surface area contributed by atoms with Crippen LogP contribution in [-0.4, -0.2) is 21.3 Å². The van der Waals surface area contributed by atoms with Crippen molar-refractivity contribution in [2.45, 2.75) is 13.3 Å². The van der Waals surface area contributed by atoms with Crippen molar-refractivity contribution in [1.29, 1.82) is 0 Å². The quantitative estimate of drug-likeness (QED) is 0.266. The number of hydrogen-bond acceptors (Lipinski definition) is 2. The Balaban J connectivity index is 1.94. The van der Waals surface area contributed by atoms with Crippen LogP contribution in [0.4, 0.5) is 0 Å². The SMILES string of the molecule is CCC(=C(c1ccc(C=CC(=O)O)cc1)c1cc2cn[nH]c2cc1Cl)c1ccccc1. The molecule has 0 amide bonds. The smallest absolute Gasteiger partial charge is 0.328 e. The molecule has 0 saturated heterocycles. The number of allylic oxidation sites excluding steroid dienone is 1. The Bertz CT molecular complexity index is 1290. The number of aliphatic carboxylic acids is 1. The summed E-state index contributed by atoms with van der Waals surface area (Å²) in [5, 5.41) is 17.6. The van der Waals surface area contributed by atoms with Crippen LogP contribution in [0.15, 0.2) is 79.0 Å². The average molecular weight is 429 g/mol. The van der Waals surface area contributed by atoms with Crippen LogP contribution in [0.25, 0.3) is 28.1 Å². The lowest BCUT2D eigenvalue weighted by atomic mass is 9.87. The van der Waals surface area contributed by atoms with E-state index in [2.05, 4.69) is 35.3 Å². The van der Waals surface area contributed by atoms with Crippen molar-refractivity contribution < 1.29 is 9.90 Å². The van der Waals surface area contributed by atoms with Crippen molar-refractivity contribution >= 4 is 45.7 Å². The minimum atomic E-state index is -0.970. The van der Waals surface area contributed by atoms with Gasteiger partial charge in [0, 0.05) is 17.0 Å². The van der Waals surface area contributed by atoms with E-state index in [0.717, 1.165) is 51.2 Å². The van der Waals surface area contributed by atoms with Crippen molar-refractivity contribution in [3.05, 3.63) is 106 Å². The predicted octanol–water partition coefficient (Wildman–Crippen LogP) is 6.68. The van der Waals surface area contributed by atoms with Gasteiger partial charge in [-0.1, -0.05) is 73.1 Å². The highest BCUT2D eigenvalue weighted by Crippen LogP contribution is 2.39. The summed E-state index contributed by atoms with van der Waals surface area (Å²) in [6.45, 7) is 2.14. The highest BCUT2D eigenvalue weighted by molar-refractivity contribution is 6.33. The molecule has 0 fully saturated rings. The molecule has 31 heavy (non-hydrogen) atoms. The molecule has 1 heterocycles. The number of fused-ring (bicyclic) bond motifs is 1. The molecule has 0 aliphatic heterocycles. The topological polar surface area (TPSA) is 66.0 Å². The Kier molecular flexibility index (Phi) is 6.01. The first kappa shape index (κ1) is 20.6. The molecule has 1 aromatic heterocycles. The van der Waals surface area contributed by atoms with Crippen LogP contribution in [0.1, 0.15) is 35.6 Å². The third-order valence-corrected chi connectivity index (χ3v) is 5.51. The van der Waals surface area contributed by atoms with Gasteiger partial charge in [0.2, 0.25) is 0 Å². The summed E-state index contributed by atoms with van der Waals surface area (Å²) in [5.74, 6) is -0.970. The molecule has 0 bridgehead atoms. The van der Waals surface area contributed by atoms with E-state index in [1.54, 1.807) is 12.3 Å². The molecule has 0 radical (unpaired) electrons. The lowest BCUT2D eigenvalue weighted by molar-refractivity contribution is -0.131. The number of aromatic nitrogens is 2. The molecule has 4 rings (SSSR count). The minimum Gasteiger partial charge on any atom is -0.478 e. The van der Waals surface area contributed by atoms with Crippen LogP contribution in [0.5, 0.6) is 0 Å². The summed E-state index contributed by atoms with van der Waals surface area (Å²) in [6, 6.07) is 22.1. The van der Waals surface area contributed by atoms with Gasteiger partial charge in [-0.3, -0.25) is 5.10 Å². The number of carboxylic acid groups (broad SMARTS) is 1. The summed E-state index contributed by atoms with van der Waals surface area (Å²) in [5.41, 5.74) is 7.02. The van der Waals surface area contributed by atoms with E-state index in [9.17, 15) is 4.79 Å². The second kappa shape index (κ2) is 9.02. The fourth-order valence-corrected chi connectivity index (χ4v) is 4.00. The molecule has 5 heteroatoms. The van der Waals surface area contributed by atoms with Crippen LogP contribution < -0.4 is 0 Å². The molecule has 4 nitrogen and oxygen atoms in total. The molecule has 4 aromatic rings. The number of halogens is 1. The number of rotatable bonds is 6. The van der Waals surface area contributed by atoms with Crippen molar-refractivity contribution in [2.24, 2.45) is 0 Å². The zero-order chi connectivity index (χ0) is 21.8. The first-order valence-corrected chi connectivity index (χ1v) is 10.4. The Morgan fingerprint density at radius 3 is 2.48 bits per heavy atom. The Hall–Kier alpha value is -3.63. The van der Waals surface area contributed by atoms with Crippen molar-refractivity contribution in [3.8, 4) is 0 Å². The van der Waals surface area contributed by atoms with Crippen molar-refractivity contribution in [2.75, 3.05) is 0 Å². The Labute approximate surface area is 185 Å². The molecule has 0 unspecified atom stereocenters. The fourth-order valence-electron chi connectivity index (χ4n) is 3.74. The molecule has 3 aromatic carbocycles. The number of carbonyl (C=O) groups is 1. The average Bonchev–Trinajstić information content (AvgIpc) is 3.24. The van der Waals surface area contributed by atoms with Crippen LogP contribution in [0.2, 0.25) is 5.02 Å². The number of H-pyrrole nitrogens is 1. The molecule has 0 saturated carbocycles. The lowest BCUT2D eigenvalue weighted by Gasteiger charge is -2.18. The maximum Gasteiger partial charge on any atom is 0.328 e. The number of hydrogen-bond donors (Lipinski definition) is 2. The third-order valence-electron chi connectivity index (χ3n) is 5.19. The Morgan fingerprint density at radius 2 is 1.81 bits per heavy atom. The molecular weight excluding hydrogens is 408 g/mol. The van der Waals surface area contributed by atoms with Crippen LogP contribution in [-0.2, 0) is 4.79 Å². The third kappa shape index (κ3) is 4.44. The first-order chi connectivity index (χ1) is 15.1. The van der Waals surface area contributed by atoms with Gasteiger partial charge in [0.15, 0.2) is 0 Å². The maximum atomic E-state index is 10.8. The zero-order valence-electron chi connectivity index (χ0n) is 17.0. The minimum absolute atomic E-state index is 0.642. The lowest BCUT2D eigenvalue weighted by Crippen LogP contribution is -1.96. The van der Waals surface area contributed by atoms with E-state index in [1.165, 1.54) is 5.57 Å². The highest BCUT2D eigenvalue weighted by Gasteiger charge is 2.17. The van der Waals surface area contributed by atoms with Gasteiger partial charge >= 0.3 is 5.97 Å². The number of benzene rings is 3. The van der Waals surface area contributed by atoms with Gasteiger partial charge in [-0.15, -0.1) is 0 Å². The summed E-state index contributed by atoms with van der Waals surface area (Å²) < 4.78 is 0. The number of carboxylic acids is 1. The van der Waals surface area contributed by atoms with Gasteiger partial charge in [0.1, 0.15) is 0 Å². The van der Waals surface area contributed by atoms with Crippen molar-refractivity contribution in [3.63, 3.8) is 0 Å². The molecule has 0 aliphatic carbocycles. The van der Waals surface area contributed by atoms with Crippen LogP contribution >= 0.6 is 11.6 Å². The second-order valence-electron chi connectivity index (χ2n) is 7.16. The highest BCUT2D eigenvalue weighted by atomic mass is 35.5. The summed E-state index contributed by atoms with van der Waals surface area (Å²) in [6.07, 6.45) is 5.33. The zero-order valence-corrected chi connectivity index (χ0v) is 17.7. The molecule has 0 spiro atoms. The van der Waals surface area contributed by atoms with E-state index in [4.69, 9.17) is 16.7 Å². The van der Waals surface area contributed by atoms with Gasteiger partial charge in [-0.25, -0.2) is 4.79 Å².